The minimum absolute atomic E-state index is 0.0197. The highest BCUT2D eigenvalue weighted by Gasteiger charge is 2.40. The van der Waals surface area contributed by atoms with E-state index >= 15 is 0 Å². The van der Waals surface area contributed by atoms with Crippen LogP contribution in [0.25, 0.3) is 5.57 Å². The summed E-state index contributed by atoms with van der Waals surface area (Å²) in [4.78, 5) is 29.4. The molecule has 168 valence electrons. The second-order valence-electron chi connectivity index (χ2n) is 9.05. The fraction of sp³-hybridized carbons (Fsp3) is 0.458. The highest BCUT2D eigenvalue weighted by atomic mass is 32.2. The molecule has 5 nitrogen and oxygen atoms in total. The zero-order chi connectivity index (χ0) is 22.5. The lowest BCUT2D eigenvalue weighted by atomic mass is 9.92. The molecular formula is C24H24FNO4S2. The van der Waals surface area contributed by atoms with Gasteiger partial charge in [-0.25, -0.2) is 13.4 Å². The molecule has 3 saturated carbocycles. The molecule has 5 rings (SSSR count). The Labute approximate surface area is 190 Å². The number of benzene rings is 1. The molecule has 1 atom stereocenters. The van der Waals surface area contributed by atoms with Gasteiger partial charge in [0, 0.05) is 18.4 Å². The summed E-state index contributed by atoms with van der Waals surface area (Å²) in [5, 5.41) is -0.326. The first-order valence-corrected chi connectivity index (χ1v) is 13.4. The molecule has 3 aliphatic rings. The van der Waals surface area contributed by atoms with Gasteiger partial charge in [0.05, 0.1) is 22.8 Å². The van der Waals surface area contributed by atoms with Crippen LogP contribution >= 0.6 is 11.3 Å². The summed E-state index contributed by atoms with van der Waals surface area (Å²) in [6.07, 6.45) is 7.85. The quantitative estimate of drug-likeness (QED) is 0.521. The number of allylic oxidation sites excluding steroid dienone is 2. The monoisotopic (exact) mass is 473 g/mol. The van der Waals surface area contributed by atoms with Crippen LogP contribution in [-0.2, 0) is 25.8 Å². The molecule has 1 aromatic heterocycles. The maximum Gasteiger partial charge on any atom is 0.196 e. The van der Waals surface area contributed by atoms with Gasteiger partial charge < -0.3 is 0 Å². The van der Waals surface area contributed by atoms with Crippen molar-refractivity contribution in [2.75, 3.05) is 0 Å². The van der Waals surface area contributed by atoms with E-state index in [2.05, 4.69) is 4.98 Å². The summed E-state index contributed by atoms with van der Waals surface area (Å²) < 4.78 is 39.3. The number of rotatable bonds is 8. The predicted octanol–water partition coefficient (Wildman–Crippen LogP) is 4.66. The van der Waals surface area contributed by atoms with Crippen molar-refractivity contribution >= 4 is 38.3 Å². The van der Waals surface area contributed by atoms with Crippen molar-refractivity contribution in [3.05, 3.63) is 51.7 Å². The van der Waals surface area contributed by atoms with Crippen LogP contribution in [0.5, 0.6) is 0 Å². The summed E-state index contributed by atoms with van der Waals surface area (Å²) in [5.41, 5.74) is 1.94. The molecule has 0 bridgehead atoms. The van der Waals surface area contributed by atoms with E-state index in [0.29, 0.717) is 53.1 Å². The van der Waals surface area contributed by atoms with Crippen LogP contribution in [0.4, 0.5) is 4.39 Å². The highest BCUT2D eigenvalue weighted by molar-refractivity contribution is 7.92. The Bertz CT molecular complexity index is 1220. The first kappa shape index (κ1) is 21.6. The van der Waals surface area contributed by atoms with Crippen LogP contribution in [0, 0.1) is 11.0 Å². The van der Waals surface area contributed by atoms with Crippen molar-refractivity contribution in [3.63, 3.8) is 0 Å². The molecule has 0 saturated heterocycles. The lowest BCUT2D eigenvalue weighted by Crippen LogP contribution is -2.12. The third-order valence-electron chi connectivity index (χ3n) is 6.43. The molecule has 8 heteroatoms. The number of hydrogen-bond acceptors (Lipinski definition) is 6. The third kappa shape index (κ3) is 4.48. The van der Waals surface area contributed by atoms with Crippen LogP contribution in [0.15, 0.2) is 35.4 Å². The molecule has 3 aliphatic carbocycles. The number of thiazole rings is 1. The van der Waals surface area contributed by atoms with E-state index in [0.717, 1.165) is 35.9 Å². The van der Waals surface area contributed by atoms with Crippen molar-refractivity contribution < 1.29 is 22.4 Å². The number of carbonyl (C=O) groups is 2. The molecule has 0 amide bonds. The SMILES string of the molecule is O=C1CC[C@H](/C=C(/C(=O)Cc2ncc(F)s2)c2ccc(S(=O)(=O)C3CC3)c(C3CC3)c2)C1. The van der Waals surface area contributed by atoms with Gasteiger partial charge in [0.1, 0.15) is 10.8 Å². The van der Waals surface area contributed by atoms with E-state index in [-0.39, 0.29) is 35.1 Å². The summed E-state index contributed by atoms with van der Waals surface area (Å²) >= 11 is 0.847. The lowest BCUT2D eigenvalue weighted by Gasteiger charge is -2.15. The summed E-state index contributed by atoms with van der Waals surface area (Å²) in [5.74, 6) is 0.174. The average molecular weight is 474 g/mol. The van der Waals surface area contributed by atoms with Crippen LogP contribution < -0.4 is 0 Å². The minimum Gasteiger partial charge on any atom is -0.300 e. The first-order chi connectivity index (χ1) is 15.3. The Morgan fingerprint density at radius 3 is 2.56 bits per heavy atom. The van der Waals surface area contributed by atoms with Crippen molar-refractivity contribution in [1.29, 1.82) is 0 Å². The van der Waals surface area contributed by atoms with E-state index in [1.807, 2.05) is 12.1 Å². The van der Waals surface area contributed by atoms with Gasteiger partial charge in [-0.1, -0.05) is 23.5 Å². The molecule has 2 aromatic rings. The Morgan fingerprint density at radius 2 is 1.97 bits per heavy atom. The van der Waals surface area contributed by atoms with Gasteiger partial charge in [-0.3, -0.25) is 9.59 Å². The van der Waals surface area contributed by atoms with Gasteiger partial charge in [0.15, 0.2) is 20.8 Å². The van der Waals surface area contributed by atoms with E-state index < -0.39 is 15.0 Å². The summed E-state index contributed by atoms with van der Waals surface area (Å²) in [6, 6.07) is 5.22. The van der Waals surface area contributed by atoms with Crippen molar-refractivity contribution in [1.82, 2.24) is 4.98 Å². The standard InChI is InChI=1S/C24H24FNO4S2/c25-23-13-26-24(31-23)12-21(28)19(10-14-1-5-17(27)9-14)16-4-8-22(20(11-16)15-2-3-15)32(29,30)18-6-7-18/h4,8,10-11,13-15,18H,1-3,5-7,9,12H2/b19-10+/t14-/m0/s1. The topological polar surface area (TPSA) is 81.2 Å². The van der Waals surface area contributed by atoms with Gasteiger partial charge in [-0.05, 0) is 67.2 Å². The predicted molar refractivity (Wildman–Crippen MR) is 120 cm³/mol. The summed E-state index contributed by atoms with van der Waals surface area (Å²) in [7, 11) is -3.34. The van der Waals surface area contributed by atoms with Crippen LogP contribution in [-0.4, -0.2) is 30.2 Å². The largest absolute Gasteiger partial charge is 0.300 e. The smallest absolute Gasteiger partial charge is 0.196 e. The average Bonchev–Trinajstić information content (AvgIpc) is 3.68. The second kappa shape index (κ2) is 8.30. The van der Waals surface area contributed by atoms with Crippen LogP contribution in [0.1, 0.15) is 67.0 Å². The lowest BCUT2D eigenvalue weighted by molar-refractivity contribution is -0.117. The number of Topliss-reactive ketones (excluding diaryl/α,β-unsaturated/α-hetero) is 2. The second-order valence-corrected chi connectivity index (χ2v) is 12.3. The van der Waals surface area contributed by atoms with Gasteiger partial charge in [0.2, 0.25) is 0 Å². The van der Waals surface area contributed by atoms with E-state index in [1.165, 1.54) is 0 Å². The molecule has 3 fully saturated rings. The van der Waals surface area contributed by atoms with Gasteiger partial charge in [-0.2, -0.15) is 4.39 Å². The Balaban J connectivity index is 1.53. The number of aromatic nitrogens is 1. The zero-order valence-electron chi connectivity index (χ0n) is 17.6. The van der Waals surface area contributed by atoms with Crippen LogP contribution in [0.2, 0.25) is 0 Å². The van der Waals surface area contributed by atoms with Crippen LogP contribution in [0.3, 0.4) is 0 Å². The van der Waals surface area contributed by atoms with Crippen molar-refractivity contribution in [2.24, 2.45) is 5.92 Å². The Morgan fingerprint density at radius 1 is 1.19 bits per heavy atom. The Hall–Kier alpha value is -2.19. The van der Waals surface area contributed by atoms with Crippen molar-refractivity contribution in [2.45, 2.75) is 67.4 Å². The molecule has 0 unspecified atom stereocenters. The fourth-order valence-electron chi connectivity index (χ4n) is 4.42. The number of carbonyl (C=O) groups excluding carboxylic acids is 2. The van der Waals surface area contributed by atoms with Gasteiger partial charge >= 0.3 is 0 Å². The van der Waals surface area contributed by atoms with E-state index in [9.17, 15) is 22.4 Å². The molecular weight excluding hydrogens is 449 g/mol. The highest BCUT2D eigenvalue weighted by Crippen LogP contribution is 2.46. The molecule has 0 N–H and O–H groups in total. The number of nitrogens with zero attached hydrogens (tertiary/aromatic N) is 1. The minimum atomic E-state index is -3.34. The fourth-order valence-corrected chi connectivity index (χ4v) is 6.99. The molecule has 0 aliphatic heterocycles. The number of hydrogen-bond donors (Lipinski definition) is 0. The zero-order valence-corrected chi connectivity index (χ0v) is 19.2. The molecule has 0 radical (unpaired) electrons. The third-order valence-corrected chi connectivity index (χ3v) is 9.55. The number of sulfone groups is 1. The maximum absolute atomic E-state index is 13.4. The van der Waals surface area contributed by atoms with Gasteiger partial charge in [-0.15, -0.1) is 0 Å². The molecule has 32 heavy (non-hydrogen) atoms. The molecule has 1 aromatic carbocycles. The Kier molecular flexibility index (Phi) is 5.61. The number of ketones is 2. The molecule has 0 spiro atoms. The number of halogens is 1. The van der Waals surface area contributed by atoms with E-state index in [1.54, 1.807) is 12.1 Å². The first-order valence-electron chi connectivity index (χ1n) is 11.1. The van der Waals surface area contributed by atoms with Gasteiger partial charge in [0.25, 0.3) is 0 Å². The summed E-state index contributed by atoms with van der Waals surface area (Å²) in [6.45, 7) is 0. The molecule has 1 heterocycles. The van der Waals surface area contributed by atoms with E-state index in [4.69, 9.17) is 0 Å². The normalized spacial score (nSPS) is 21.8. The van der Waals surface area contributed by atoms with Crippen molar-refractivity contribution in [3.8, 4) is 0 Å². The maximum atomic E-state index is 13.4.